The molecule has 28 nitrogen and oxygen atoms in total. The summed E-state index contributed by atoms with van der Waals surface area (Å²) in [5, 5.41) is 56.7. The number of nitrogens with zero attached hydrogens (tertiary/aromatic N) is 2. The number of H-pyrrole nitrogens is 1. The van der Waals surface area contributed by atoms with Crippen molar-refractivity contribution in [1.82, 2.24) is 52.1 Å². The van der Waals surface area contributed by atoms with Gasteiger partial charge in [0.05, 0.1) is 24.9 Å². The fourth-order valence-electron chi connectivity index (χ4n) is 8.46. The quantitative estimate of drug-likeness (QED) is 0.0305. The zero-order chi connectivity index (χ0) is 58.7. The van der Waals surface area contributed by atoms with E-state index in [1.807, 2.05) is 13.8 Å². The van der Waals surface area contributed by atoms with Gasteiger partial charge in [0.1, 0.15) is 53.8 Å². The van der Waals surface area contributed by atoms with E-state index in [-0.39, 0.29) is 75.3 Å². The molecule has 10 amide bonds. The molecule has 3 aromatic rings. The Kier molecular flexibility index (Phi) is 23.7. The number of primary amides is 2. The van der Waals surface area contributed by atoms with E-state index in [2.05, 4.69) is 47.2 Å². The Morgan fingerprint density at radius 2 is 1.18 bits per heavy atom. The van der Waals surface area contributed by atoms with Crippen molar-refractivity contribution < 1.29 is 73.2 Å². The number of benzene rings is 2. The number of carboxylic acid groups (broad SMARTS) is 1. The molecule has 430 valence electrons. The van der Waals surface area contributed by atoms with Crippen molar-refractivity contribution in [1.29, 1.82) is 0 Å². The summed E-state index contributed by atoms with van der Waals surface area (Å²) in [5.41, 5.74) is 18.1. The van der Waals surface area contributed by atoms with Crippen LogP contribution in [0.1, 0.15) is 83.0 Å². The lowest BCUT2D eigenvalue weighted by molar-refractivity contribution is -0.145. The van der Waals surface area contributed by atoms with Crippen LogP contribution < -0.4 is 54.4 Å². The third-order valence-corrected chi connectivity index (χ3v) is 12.7. The van der Waals surface area contributed by atoms with Crippen LogP contribution in [-0.4, -0.2) is 167 Å². The molecule has 0 bridgehead atoms. The summed E-state index contributed by atoms with van der Waals surface area (Å²) >= 11 is 0. The maximum Gasteiger partial charge on any atom is 0.328 e. The Hall–Kier alpha value is -8.66. The number of aliphatic hydroxyl groups is 1. The Balaban J connectivity index is 1.55. The van der Waals surface area contributed by atoms with Gasteiger partial charge in [-0.05, 0) is 80.8 Å². The molecule has 0 spiro atoms. The number of hydrogen-bond donors (Lipinski definition) is 15. The van der Waals surface area contributed by atoms with Crippen LogP contribution in [0.4, 0.5) is 0 Å². The fraction of sp³-hybridized carbons (Fsp3) is 0.490. The predicted molar refractivity (Wildman–Crippen MR) is 279 cm³/mol. The number of aliphatic hydroxyl groups excluding tert-OH is 1. The highest BCUT2D eigenvalue weighted by Gasteiger charge is 2.41. The van der Waals surface area contributed by atoms with Crippen LogP contribution in [-0.2, 0) is 72.0 Å². The number of carbonyl (C=O) groups is 11. The van der Waals surface area contributed by atoms with Crippen LogP contribution in [0.15, 0.2) is 61.1 Å². The van der Waals surface area contributed by atoms with Crippen molar-refractivity contribution in [2.45, 2.75) is 146 Å². The van der Waals surface area contributed by atoms with Gasteiger partial charge in [-0.15, -0.1) is 0 Å². The second kappa shape index (κ2) is 29.7. The van der Waals surface area contributed by atoms with E-state index in [4.69, 9.17) is 17.2 Å². The Morgan fingerprint density at radius 1 is 0.658 bits per heavy atom. The van der Waals surface area contributed by atoms with E-state index in [0.717, 1.165) is 6.92 Å². The molecule has 18 N–H and O–H groups in total. The number of likely N-dealkylation sites (tertiary alicyclic amines) is 1. The minimum Gasteiger partial charge on any atom is -0.508 e. The van der Waals surface area contributed by atoms with Gasteiger partial charge >= 0.3 is 5.97 Å². The number of phenols is 2. The summed E-state index contributed by atoms with van der Waals surface area (Å²) in [4.78, 5) is 155. The monoisotopic (exact) mass is 1110 g/mol. The van der Waals surface area contributed by atoms with Gasteiger partial charge < -0.3 is 84.7 Å². The standard InChI is InChI=1S/C51H71N13O15/c1-25(2)18-33(52)44(71)58-34(15-16-40(53)68)45(72)59-36(21-30-23-55-24-56-30)47(74)60-37(22-41(54)69)46(73)57-26(3)43(70)62-38(20-29-9-13-32(67)14-10-29)50(77)64-17-5-6-39(64)49(76)61-35(19-28-7-11-31(66)12-8-28)48(75)63-42(27(4)65)51(78)79/h7-14,23-27,33-39,42,65-67H,5-6,15-22,52H2,1-4H3,(H2,53,68)(H2,54,69)(H,55,56)(H,57,73)(H,58,71)(H,59,72)(H,60,74)(H,61,76)(H,62,70)(H,63,75)(H,78,79)/t26-,27+,33-,34-,35-,36-,37-,38-,39-,42-/m0/s1. The van der Waals surface area contributed by atoms with Crippen molar-refractivity contribution in [2.75, 3.05) is 6.54 Å². The van der Waals surface area contributed by atoms with Crippen molar-refractivity contribution >= 4 is 65.0 Å². The molecule has 1 aliphatic heterocycles. The van der Waals surface area contributed by atoms with E-state index in [9.17, 15) is 73.2 Å². The Morgan fingerprint density at radius 3 is 1.71 bits per heavy atom. The second-order valence-electron chi connectivity index (χ2n) is 19.7. The first-order valence-corrected chi connectivity index (χ1v) is 25.4. The second-order valence-corrected chi connectivity index (χ2v) is 19.7. The number of aromatic hydroxyl groups is 2. The normalized spacial score (nSPS) is 16.5. The average molecular weight is 1110 g/mol. The number of phenolic OH excluding ortho intramolecular Hbond substituents is 2. The van der Waals surface area contributed by atoms with E-state index >= 15 is 0 Å². The number of amides is 10. The number of rotatable bonds is 30. The van der Waals surface area contributed by atoms with Gasteiger partial charge in [0.15, 0.2) is 6.04 Å². The topological polar surface area (TPSA) is 463 Å². The molecule has 0 radical (unpaired) electrons. The molecule has 4 rings (SSSR count). The molecule has 28 heteroatoms. The molecule has 0 unspecified atom stereocenters. The zero-order valence-electron chi connectivity index (χ0n) is 44.1. The number of carboxylic acids is 1. The van der Waals surface area contributed by atoms with Gasteiger partial charge in [-0.25, -0.2) is 9.78 Å². The van der Waals surface area contributed by atoms with Crippen LogP contribution in [0, 0.1) is 5.92 Å². The zero-order valence-corrected chi connectivity index (χ0v) is 44.1. The van der Waals surface area contributed by atoms with E-state index in [0.29, 0.717) is 16.8 Å². The SMILES string of the molecule is CC(C)C[C@H](N)C(=O)N[C@@H](CCC(N)=O)C(=O)N[C@@H](Cc1cnc[nH]1)C(=O)N[C@@H](CC(N)=O)C(=O)N[C@@H](C)C(=O)N[C@@H](Cc1ccc(O)cc1)C(=O)N1CCC[C@H]1C(=O)N[C@@H](Cc1ccc(O)cc1)C(=O)N[C@H](C(=O)O)[C@@H](C)O. The van der Waals surface area contributed by atoms with Crippen LogP contribution >= 0.6 is 0 Å². The van der Waals surface area contributed by atoms with Crippen LogP contribution in [0.25, 0.3) is 0 Å². The fourth-order valence-corrected chi connectivity index (χ4v) is 8.46. The molecule has 1 fully saturated rings. The largest absolute Gasteiger partial charge is 0.508 e. The highest BCUT2D eigenvalue weighted by molar-refractivity contribution is 5.99. The number of imidazole rings is 1. The molecular formula is C51H71N13O15. The lowest BCUT2D eigenvalue weighted by Gasteiger charge is -2.31. The average Bonchev–Trinajstić information content (AvgIpc) is 4.13. The van der Waals surface area contributed by atoms with Gasteiger partial charge in [-0.3, -0.25) is 47.9 Å². The van der Waals surface area contributed by atoms with E-state index in [1.165, 1.54) is 72.9 Å². The molecule has 79 heavy (non-hydrogen) atoms. The van der Waals surface area contributed by atoms with Crippen LogP contribution in [0.2, 0.25) is 0 Å². The van der Waals surface area contributed by atoms with Crippen LogP contribution in [0.5, 0.6) is 11.5 Å². The molecule has 0 saturated carbocycles. The van der Waals surface area contributed by atoms with Gasteiger partial charge in [0, 0.05) is 44.1 Å². The van der Waals surface area contributed by atoms with E-state index < -0.39 is 132 Å². The van der Waals surface area contributed by atoms with Gasteiger partial charge in [-0.2, -0.15) is 0 Å². The number of hydrogen-bond acceptors (Lipinski definition) is 16. The van der Waals surface area contributed by atoms with Crippen molar-refractivity contribution in [3.8, 4) is 11.5 Å². The first kappa shape index (κ1) is 62.9. The molecule has 2 heterocycles. The highest BCUT2D eigenvalue weighted by Crippen LogP contribution is 2.22. The lowest BCUT2D eigenvalue weighted by Crippen LogP contribution is -2.61. The third kappa shape index (κ3) is 20.0. The van der Waals surface area contributed by atoms with Crippen LogP contribution in [0.3, 0.4) is 0 Å². The summed E-state index contributed by atoms with van der Waals surface area (Å²) in [6.45, 7) is 6.03. The summed E-state index contributed by atoms with van der Waals surface area (Å²) < 4.78 is 0. The summed E-state index contributed by atoms with van der Waals surface area (Å²) in [7, 11) is 0. The summed E-state index contributed by atoms with van der Waals surface area (Å²) in [6, 6.07) is -1.95. The van der Waals surface area contributed by atoms with Gasteiger partial charge in [-0.1, -0.05) is 38.1 Å². The lowest BCUT2D eigenvalue weighted by atomic mass is 10.0. The van der Waals surface area contributed by atoms with Crippen molar-refractivity contribution in [2.24, 2.45) is 23.1 Å². The predicted octanol–water partition coefficient (Wildman–Crippen LogP) is -3.77. The van der Waals surface area contributed by atoms with Crippen molar-refractivity contribution in [3.63, 3.8) is 0 Å². The first-order valence-electron chi connectivity index (χ1n) is 25.4. The molecule has 10 atom stereocenters. The molecule has 0 aliphatic carbocycles. The number of aromatic amines is 1. The van der Waals surface area contributed by atoms with Gasteiger partial charge in [0.2, 0.25) is 59.1 Å². The molecule has 2 aromatic carbocycles. The maximum absolute atomic E-state index is 14.6. The number of aromatic nitrogens is 2. The number of nitrogens with one attached hydrogen (secondary N) is 8. The first-order chi connectivity index (χ1) is 37.2. The maximum atomic E-state index is 14.6. The molecule has 1 saturated heterocycles. The molecule has 1 aromatic heterocycles. The van der Waals surface area contributed by atoms with Gasteiger partial charge in [0.25, 0.3) is 0 Å². The Labute approximate surface area is 454 Å². The summed E-state index contributed by atoms with van der Waals surface area (Å²) in [5.74, 6) is -11.0. The molecule has 1 aliphatic rings. The number of carbonyl (C=O) groups excluding carboxylic acids is 10. The smallest absolute Gasteiger partial charge is 0.328 e. The number of nitrogens with two attached hydrogens (primary N) is 3. The van der Waals surface area contributed by atoms with E-state index in [1.54, 1.807) is 0 Å². The molecular weight excluding hydrogens is 1030 g/mol. The summed E-state index contributed by atoms with van der Waals surface area (Å²) in [6.07, 6.45) is -0.444. The minimum absolute atomic E-state index is 0.00541. The Bertz CT molecular complexity index is 2630. The third-order valence-electron chi connectivity index (χ3n) is 12.7. The highest BCUT2D eigenvalue weighted by atomic mass is 16.4. The minimum atomic E-state index is -1.78. The number of aliphatic carboxylic acids is 1. The van der Waals surface area contributed by atoms with Crippen molar-refractivity contribution in [3.05, 3.63) is 77.9 Å².